The normalized spacial score (nSPS) is 14.2. The molecule has 1 aliphatic rings. The fraction of sp³-hybridized carbons (Fsp3) is 0.435. The highest BCUT2D eigenvalue weighted by atomic mass is 16.5. The number of methoxy groups -OCH3 is 1. The molecule has 5 nitrogen and oxygen atoms in total. The zero-order valence-corrected chi connectivity index (χ0v) is 17.2. The molecule has 2 aromatic rings. The van der Waals surface area contributed by atoms with Crippen LogP contribution in [0.2, 0.25) is 0 Å². The van der Waals surface area contributed by atoms with Crippen LogP contribution in [0.4, 0.5) is 5.69 Å². The summed E-state index contributed by atoms with van der Waals surface area (Å²) in [5, 5.41) is 3.28. The van der Waals surface area contributed by atoms with Gasteiger partial charge in [-0.1, -0.05) is 24.3 Å². The number of aryl methyl sites for hydroxylation is 1. The minimum atomic E-state index is 0.190. The van der Waals surface area contributed by atoms with Gasteiger partial charge in [-0.15, -0.1) is 0 Å². The summed E-state index contributed by atoms with van der Waals surface area (Å²) in [4.78, 5) is 16.9. The van der Waals surface area contributed by atoms with Crippen LogP contribution in [-0.4, -0.2) is 57.2 Å². The number of benzene rings is 2. The molecule has 0 unspecified atom stereocenters. The summed E-state index contributed by atoms with van der Waals surface area (Å²) in [7, 11) is 1.67. The minimum Gasteiger partial charge on any atom is -0.497 e. The van der Waals surface area contributed by atoms with Gasteiger partial charge in [0, 0.05) is 31.9 Å². The number of ether oxygens (including phenoxy) is 1. The zero-order chi connectivity index (χ0) is 19.9. The first kappa shape index (κ1) is 20.2. The maximum Gasteiger partial charge on any atom is 0.236 e. The molecular formula is C23H31N3O2. The fourth-order valence-electron chi connectivity index (χ4n) is 3.61. The van der Waals surface area contributed by atoms with E-state index in [1.807, 2.05) is 17.0 Å². The Morgan fingerprint density at radius 1 is 1.04 bits per heavy atom. The van der Waals surface area contributed by atoms with Crippen LogP contribution in [-0.2, 0) is 11.2 Å². The van der Waals surface area contributed by atoms with Gasteiger partial charge >= 0.3 is 0 Å². The third-order valence-electron chi connectivity index (χ3n) is 5.57. The smallest absolute Gasteiger partial charge is 0.236 e. The number of carbonyl (C=O) groups is 1. The van der Waals surface area contributed by atoms with E-state index in [9.17, 15) is 4.79 Å². The van der Waals surface area contributed by atoms with Crippen LogP contribution in [0, 0.1) is 13.8 Å². The Bertz CT molecular complexity index is 781. The molecular weight excluding hydrogens is 350 g/mol. The Kier molecular flexibility index (Phi) is 6.93. The standard InChI is InChI=1S/C23H31N3O2/c1-18-5-4-6-22(19(18)2)25-13-15-26(16-14-25)23(27)17-24-12-11-20-7-9-21(28-3)10-8-20/h4-10,24H,11-17H2,1-3H3. The highest BCUT2D eigenvalue weighted by Crippen LogP contribution is 2.23. The maximum atomic E-state index is 12.5. The van der Waals surface area contributed by atoms with E-state index in [0.717, 1.165) is 44.9 Å². The first-order chi connectivity index (χ1) is 13.6. The number of nitrogens with one attached hydrogen (secondary N) is 1. The molecule has 0 radical (unpaired) electrons. The van der Waals surface area contributed by atoms with Crippen molar-refractivity contribution in [3.05, 3.63) is 59.2 Å². The van der Waals surface area contributed by atoms with E-state index in [0.29, 0.717) is 6.54 Å². The second-order valence-electron chi connectivity index (χ2n) is 7.36. The van der Waals surface area contributed by atoms with Gasteiger partial charge in [0.15, 0.2) is 0 Å². The molecule has 1 aliphatic heterocycles. The summed E-state index contributed by atoms with van der Waals surface area (Å²) >= 11 is 0. The third-order valence-corrected chi connectivity index (χ3v) is 5.57. The second-order valence-corrected chi connectivity index (χ2v) is 7.36. The highest BCUT2D eigenvalue weighted by Gasteiger charge is 2.21. The summed E-state index contributed by atoms with van der Waals surface area (Å²) in [5.41, 5.74) is 5.19. The van der Waals surface area contributed by atoms with Crippen molar-refractivity contribution in [1.82, 2.24) is 10.2 Å². The molecule has 1 heterocycles. The molecule has 5 heteroatoms. The van der Waals surface area contributed by atoms with Gasteiger partial charge in [0.1, 0.15) is 5.75 Å². The van der Waals surface area contributed by atoms with E-state index >= 15 is 0 Å². The molecule has 0 bridgehead atoms. The fourth-order valence-corrected chi connectivity index (χ4v) is 3.61. The van der Waals surface area contributed by atoms with Crippen molar-refractivity contribution in [3.8, 4) is 5.75 Å². The van der Waals surface area contributed by atoms with Gasteiger partial charge in [-0.05, 0) is 61.7 Å². The Morgan fingerprint density at radius 3 is 2.43 bits per heavy atom. The maximum absolute atomic E-state index is 12.5. The van der Waals surface area contributed by atoms with Crippen LogP contribution in [0.15, 0.2) is 42.5 Å². The van der Waals surface area contributed by atoms with Crippen molar-refractivity contribution < 1.29 is 9.53 Å². The van der Waals surface area contributed by atoms with Gasteiger partial charge in [-0.25, -0.2) is 0 Å². The molecule has 1 amide bonds. The topological polar surface area (TPSA) is 44.8 Å². The molecule has 0 spiro atoms. The molecule has 1 N–H and O–H groups in total. The lowest BCUT2D eigenvalue weighted by molar-refractivity contribution is -0.130. The van der Waals surface area contributed by atoms with Crippen molar-refractivity contribution in [2.75, 3.05) is 51.3 Å². The monoisotopic (exact) mass is 381 g/mol. The number of carbonyl (C=O) groups excluding carboxylic acids is 1. The first-order valence-corrected chi connectivity index (χ1v) is 10.0. The zero-order valence-electron chi connectivity index (χ0n) is 17.2. The van der Waals surface area contributed by atoms with Gasteiger partial charge in [0.25, 0.3) is 0 Å². The van der Waals surface area contributed by atoms with E-state index in [1.54, 1.807) is 7.11 Å². The molecule has 28 heavy (non-hydrogen) atoms. The van der Waals surface area contributed by atoms with E-state index < -0.39 is 0 Å². The lowest BCUT2D eigenvalue weighted by atomic mass is 10.1. The van der Waals surface area contributed by atoms with Gasteiger partial charge in [-0.3, -0.25) is 4.79 Å². The number of amides is 1. The highest BCUT2D eigenvalue weighted by molar-refractivity contribution is 5.78. The van der Waals surface area contributed by atoms with Crippen LogP contribution >= 0.6 is 0 Å². The summed E-state index contributed by atoms with van der Waals surface area (Å²) < 4.78 is 5.17. The van der Waals surface area contributed by atoms with Gasteiger partial charge < -0.3 is 19.9 Å². The predicted octanol–water partition coefficient (Wildman–Crippen LogP) is 2.79. The van der Waals surface area contributed by atoms with Crippen molar-refractivity contribution in [2.45, 2.75) is 20.3 Å². The molecule has 3 rings (SSSR count). The quantitative estimate of drug-likeness (QED) is 0.749. The van der Waals surface area contributed by atoms with Crippen LogP contribution < -0.4 is 15.0 Å². The number of nitrogens with zero attached hydrogens (tertiary/aromatic N) is 2. The minimum absolute atomic E-state index is 0.190. The number of hydrogen-bond donors (Lipinski definition) is 1. The molecule has 0 saturated carbocycles. The van der Waals surface area contributed by atoms with E-state index in [1.165, 1.54) is 22.4 Å². The molecule has 0 atom stereocenters. The largest absolute Gasteiger partial charge is 0.497 e. The lowest BCUT2D eigenvalue weighted by Crippen LogP contribution is -2.51. The number of anilines is 1. The van der Waals surface area contributed by atoms with Gasteiger partial charge in [0.2, 0.25) is 5.91 Å². The van der Waals surface area contributed by atoms with Crippen molar-refractivity contribution in [1.29, 1.82) is 0 Å². The molecule has 0 aliphatic carbocycles. The van der Waals surface area contributed by atoms with Crippen LogP contribution in [0.5, 0.6) is 5.75 Å². The van der Waals surface area contributed by atoms with E-state index in [2.05, 4.69) is 54.4 Å². The molecule has 0 aromatic heterocycles. The average molecular weight is 382 g/mol. The van der Waals surface area contributed by atoms with Crippen LogP contribution in [0.25, 0.3) is 0 Å². The van der Waals surface area contributed by atoms with E-state index in [4.69, 9.17) is 4.74 Å². The summed E-state index contributed by atoms with van der Waals surface area (Å²) in [6, 6.07) is 14.5. The Balaban J connectivity index is 1.39. The lowest BCUT2D eigenvalue weighted by Gasteiger charge is -2.37. The number of rotatable bonds is 7. The molecule has 1 saturated heterocycles. The summed E-state index contributed by atoms with van der Waals surface area (Å²) in [5.74, 6) is 1.06. The molecule has 2 aromatic carbocycles. The SMILES string of the molecule is COc1ccc(CCNCC(=O)N2CCN(c3cccc(C)c3C)CC2)cc1. The number of hydrogen-bond acceptors (Lipinski definition) is 4. The third kappa shape index (κ3) is 5.04. The van der Waals surface area contributed by atoms with Crippen molar-refractivity contribution in [2.24, 2.45) is 0 Å². The Labute approximate surface area is 168 Å². The van der Waals surface area contributed by atoms with Crippen molar-refractivity contribution in [3.63, 3.8) is 0 Å². The summed E-state index contributed by atoms with van der Waals surface area (Å²) in [6.45, 7) is 8.87. The number of piperazine rings is 1. The molecule has 1 fully saturated rings. The average Bonchev–Trinajstić information content (AvgIpc) is 2.73. The van der Waals surface area contributed by atoms with Gasteiger partial charge in [0.05, 0.1) is 13.7 Å². The summed E-state index contributed by atoms with van der Waals surface area (Å²) in [6.07, 6.45) is 0.900. The van der Waals surface area contributed by atoms with E-state index in [-0.39, 0.29) is 5.91 Å². The predicted molar refractivity (Wildman–Crippen MR) is 114 cm³/mol. The van der Waals surface area contributed by atoms with Crippen LogP contribution in [0.1, 0.15) is 16.7 Å². The first-order valence-electron chi connectivity index (χ1n) is 10.0. The van der Waals surface area contributed by atoms with Crippen LogP contribution in [0.3, 0.4) is 0 Å². The molecule has 150 valence electrons. The van der Waals surface area contributed by atoms with Crippen molar-refractivity contribution >= 4 is 11.6 Å². The Morgan fingerprint density at radius 2 is 1.75 bits per heavy atom. The van der Waals surface area contributed by atoms with Gasteiger partial charge in [-0.2, -0.15) is 0 Å². The Hall–Kier alpha value is -2.53. The second kappa shape index (κ2) is 9.60.